The molecule has 40 heavy (non-hydrogen) atoms. The molecule has 0 aliphatic heterocycles. The molecule has 2 amide bonds. The molecule has 7 nitrogen and oxygen atoms in total. The van der Waals surface area contributed by atoms with E-state index in [4.69, 9.17) is 11.6 Å². The third kappa shape index (κ3) is 7.65. The van der Waals surface area contributed by atoms with Crippen LogP contribution in [0.5, 0.6) is 0 Å². The summed E-state index contributed by atoms with van der Waals surface area (Å²) < 4.78 is 29.4. The van der Waals surface area contributed by atoms with Gasteiger partial charge in [-0.3, -0.25) is 13.9 Å². The Hall–Kier alpha value is -2.88. The fraction of sp³-hybridized carbons (Fsp3) is 0.333. The molecule has 0 aromatic heterocycles. The summed E-state index contributed by atoms with van der Waals surface area (Å²) in [5.74, 6) is -0.770. The highest BCUT2D eigenvalue weighted by molar-refractivity contribution is 9.10. The van der Waals surface area contributed by atoms with E-state index in [1.54, 1.807) is 67.6 Å². The highest BCUT2D eigenvalue weighted by Gasteiger charge is 2.33. The van der Waals surface area contributed by atoms with Gasteiger partial charge in [0, 0.05) is 22.1 Å². The van der Waals surface area contributed by atoms with E-state index in [2.05, 4.69) is 21.2 Å². The number of carbonyl (C=O) groups is 2. The number of halogens is 2. The van der Waals surface area contributed by atoms with Gasteiger partial charge < -0.3 is 10.2 Å². The molecule has 10 heteroatoms. The largest absolute Gasteiger partial charge is 0.352 e. The van der Waals surface area contributed by atoms with Crippen molar-refractivity contribution in [3.8, 4) is 0 Å². The number of nitrogens with zero attached hydrogens (tertiary/aromatic N) is 2. The molecule has 0 saturated heterocycles. The molecule has 4 rings (SSSR count). The number of amides is 2. The first kappa shape index (κ1) is 30.1. The van der Waals surface area contributed by atoms with Crippen LogP contribution in [0.15, 0.2) is 88.2 Å². The average molecular weight is 647 g/mol. The molecule has 3 aromatic rings. The fourth-order valence-corrected chi connectivity index (χ4v) is 6.89. The Morgan fingerprint density at radius 1 is 0.975 bits per heavy atom. The molecule has 0 spiro atoms. The summed E-state index contributed by atoms with van der Waals surface area (Å²) in [6.45, 7) is 1.28. The predicted molar refractivity (Wildman–Crippen MR) is 162 cm³/mol. The summed E-state index contributed by atoms with van der Waals surface area (Å²) >= 11 is 9.62. The molecule has 212 valence electrons. The van der Waals surface area contributed by atoms with Crippen molar-refractivity contribution in [2.45, 2.75) is 62.6 Å². The minimum Gasteiger partial charge on any atom is -0.352 e. The first-order valence-corrected chi connectivity index (χ1v) is 15.9. The van der Waals surface area contributed by atoms with Crippen LogP contribution >= 0.6 is 27.5 Å². The van der Waals surface area contributed by atoms with Crippen molar-refractivity contribution in [2.24, 2.45) is 0 Å². The zero-order valence-electron chi connectivity index (χ0n) is 22.3. The van der Waals surface area contributed by atoms with Crippen molar-refractivity contribution in [3.63, 3.8) is 0 Å². The van der Waals surface area contributed by atoms with E-state index in [0.29, 0.717) is 15.2 Å². The second kappa shape index (κ2) is 13.7. The van der Waals surface area contributed by atoms with Crippen molar-refractivity contribution in [2.75, 3.05) is 10.8 Å². The average Bonchev–Trinajstić information content (AvgIpc) is 2.95. The first-order valence-electron chi connectivity index (χ1n) is 13.3. The summed E-state index contributed by atoms with van der Waals surface area (Å²) in [5.41, 5.74) is 1.06. The summed E-state index contributed by atoms with van der Waals surface area (Å²) in [6, 6.07) is 21.1. The zero-order valence-corrected chi connectivity index (χ0v) is 25.5. The second-order valence-electron chi connectivity index (χ2n) is 9.98. The predicted octanol–water partition coefficient (Wildman–Crippen LogP) is 6.16. The van der Waals surface area contributed by atoms with Gasteiger partial charge in [0.05, 0.1) is 10.6 Å². The van der Waals surface area contributed by atoms with Crippen LogP contribution in [0.4, 0.5) is 5.69 Å². The van der Waals surface area contributed by atoms with E-state index in [0.717, 1.165) is 42.0 Å². The number of anilines is 1. The molecule has 1 N–H and O–H groups in total. The molecule has 0 heterocycles. The Kier molecular flexibility index (Phi) is 10.3. The third-order valence-electron chi connectivity index (χ3n) is 7.07. The number of nitrogens with one attached hydrogen (secondary N) is 1. The monoisotopic (exact) mass is 645 g/mol. The van der Waals surface area contributed by atoms with Crippen LogP contribution in [0.1, 0.15) is 44.6 Å². The van der Waals surface area contributed by atoms with Crippen molar-refractivity contribution >= 4 is 55.1 Å². The maximum Gasteiger partial charge on any atom is 0.264 e. The number of benzene rings is 3. The topological polar surface area (TPSA) is 86.8 Å². The van der Waals surface area contributed by atoms with Gasteiger partial charge in [0.25, 0.3) is 10.0 Å². The second-order valence-corrected chi connectivity index (χ2v) is 13.2. The quantitative estimate of drug-likeness (QED) is 0.286. The van der Waals surface area contributed by atoms with Gasteiger partial charge in [-0.1, -0.05) is 83.2 Å². The Labute approximate surface area is 249 Å². The Morgan fingerprint density at radius 3 is 2.35 bits per heavy atom. The van der Waals surface area contributed by atoms with Gasteiger partial charge >= 0.3 is 0 Å². The van der Waals surface area contributed by atoms with Crippen LogP contribution in [0.3, 0.4) is 0 Å². The van der Waals surface area contributed by atoms with Gasteiger partial charge in [0.1, 0.15) is 12.6 Å². The summed E-state index contributed by atoms with van der Waals surface area (Å²) in [7, 11) is -4.10. The highest BCUT2D eigenvalue weighted by atomic mass is 79.9. The minimum absolute atomic E-state index is 0.0623. The normalized spacial score (nSPS) is 14.8. The molecule has 1 atom stereocenters. The number of sulfonamides is 1. The lowest BCUT2D eigenvalue weighted by molar-refractivity contribution is -0.139. The van der Waals surface area contributed by atoms with E-state index in [-0.39, 0.29) is 23.4 Å². The maximum atomic E-state index is 14.0. The van der Waals surface area contributed by atoms with Gasteiger partial charge in [0.15, 0.2) is 0 Å². The van der Waals surface area contributed by atoms with Gasteiger partial charge in [-0.2, -0.15) is 0 Å². The Balaban J connectivity index is 1.67. The zero-order chi connectivity index (χ0) is 28.7. The van der Waals surface area contributed by atoms with Crippen LogP contribution in [-0.4, -0.2) is 43.8 Å². The molecular weight excluding hydrogens is 614 g/mol. The lowest BCUT2D eigenvalue weighted by atomic mass is 9.95. The number of hydrogen-bond acceptors (Lipinski definition) is 4. The van der Waals surface area contributed by atoms with Crippen LogP contribution in [0.2, 0.25) is 5.02 Å². The molecule has 1 aliphatic carbocycles. The fourth-order valence-electron chi connectivity index (χ4n) is 4.86. The van der Waals surface area contributed by atoms with Gasteiger partial charge in [0.2, 0.25) is 11.8 Å². The van der Waals surface area contributed by atoms with Gasteiger partial charge in [-0.15, -0.1) is 0 Å². The van der Waals surface area contributed by atoms with E-state index in [9.17, 15) is 18.0 Å². The number of carbonyl (C=O) groups excluding carboxylic acids is 2. The van der Waals surface area contributed by atoms with E-state index in [1.807, 2.05) is 6.07 Å². The van der Waals surface area contributed by atoms with Crippen LogP contribution < -0.4 is 9.62 Å². The first-order chi connectivity index (χ1) is 19.1. The van der Waals surface area contributed by atoms with Crippen molar-refractivity contribution in [3.05, 3.63) is 93.9 Å². The highest BCUT2D eigenvalue weighted by Crippen LogP contribution is 2.27. The number of rotatable bonds is 10. The molecule has 1 saturated carbocycles. The smallest absolute Gasteiger partial charge is 0.264 e. The Bertz CT molecular complexity index is 1430. The lowest BCUT2D eigenvalue weighted by Gasteiger charge is -2.33. The SMILES string of the molecule is C[C@@H](C(=O)NC1CCCCC1)N(Cc1cccc(Cl)c1)C(=O)CN(c1cccc(Br)c1)S(=O)(=O)c1ccccc1. The van der Waals surface area contributed by atoms with Crippen molar-refractivity contribution in [1.82, 2.24) is 10.2 Å². The summed E-state index contributed by atoms with van der Waals surface area (Å²) in [4.78, 5) is 28.9. The van der Waals surface area contributed by atoms with Crippen LogP contribution in [-0.2, 0) is 26.2 Å². The van der Waals surface area contributed by atoms with Crippen LogP contribution in [0, 0.1) is 0 Å². The van der Waals surface area contributed by atoms with E-state index >= 15 is 0 Å². The van der Waals surface area contributed by atoms with E-state index < -0.39 is 28.5 Å². The lowest BCUT2D eigenvalue weighted by Crippen LogP contribution is -2.53. The molecule has 0 radical (unpaired) electrons. The standard InChI is InChI=1S/C30H33BrClN3O4S/c1-22(30(37)33-26-13-4-2-5-14-26)34(20-23-10-8-12-25(32)18-23)29(36)21-35(27-15-9-11-24(31)19-27)40(38,39)28-16-6-3-7-17-28/h3,6-12,15-19,22,26H,2,4-5,13-14,20-21H2,1H3,(H,33,37)/t22-/m0/s1. The molecule has 1 aliphatic rings. The molecule has 3 aromatic carbocycles. The van der Waals surface area contributed by atoms with Gasteiger partial charge in [-0.25, -0.2) is 8.42 Å². The van der Waals surface area contributed by atoms with Gasteiger partial charge in [-0.05, 0) is 67.8 Å². The summed E-state index contributed by atoms with van der Waals surface area (Å²) in [5, 5.41) is 3.61. The maximum absolute atomic E-state index is 14.0. The molecular formula is C30H33BrClN3O4S. The third-order valence-corrected chi connectivity index (χ3v) is 9.58. The number of hydrogen-bond donors (Lipinski definition) is 1. The molecule has 1 fully saturated rings. The van der Waals surface area contributed by atoms with Crippen molar-refractivity contribution < 1.29 is 18.0 Å². The Morgan fingerprint density at radius 2 is 1.68 bits per heavy atom. The van der Waals surface area contributed by atoms with Crippen LogP contribution in [0.25, 0.3) is 0 Å². The molecule has 0 unspecified atom stereocenters. The molecule has 0 bridgehead atoms. The van der Waals surface area contributed by atoms with Crippen molar-refractivity contribution in [1.29, 1.82) is 0 Å². The van der Waals surface area contributed by atoms with E-state index in [1.165, 1.54) is 17.0 Å². The minimum atomic E-state index is -4.10. The summed E-state index contributed by atoms with van der Waals surface area (Å²) in [6.07, 6.45) is 5.09.